The summed E-state index contributed by atoms with van der Waals surface area (Å²) >= 11 is 5.93. The molecule has 0 saturated carbocycles. The minimum atomic E-state index is -3.91. The van der Waals surface area contributed by atoms with Crippen molar-refractivity contribution in [2.75, 3.05) is 5.75 Å². The van der Waals surface area contributed by atoms with Crippen LogP contribution >= 0.6 is 11.6 Å². The molecule has 0 aliphatic carbocycles. The van der Waals surface area contributed by atoms with E-state index in [1.165, 1.54) is 65.2 Å². The molecule has 0 saturated heterocycles. The minimum Gasteiger partial charge on any atom is -0.293 e. The lowest BCUT2D eigenvalue weighted by Gasteiger charge is -2.22. The van der Waals surface area contributed by atoms with Gasteiger partial charge in [-0.05, 0) is 54.1 Å². The van der Waals surface area contributed by atoms with Crippen LogP contribution in [0.1, 0.15) is 21.6 Å². The SMILES string of the molecule is O=C(CS(=O)(=O)c1cccnc1)c1ccc(CN(Cc2ccccn2)S(=O)(=O)c2ccc(Cl)cc2)cc1. The van der Waals surface area contributed by atoms with Crippen LogP contribution in [0.5, 0.6) is 0 Å². The molecule has 2 aromatic heterocycles. The van der Waals surface area contributed by atoms with Crippen molar-refractivity contribution in [3.05, 3.63) is 119 Å². The van der Waals surface area contributed by atoms with Gasteiger partial charge in [-0.25, -0.2) is 16.8 Å². The van der Waals surface area contributed by atoms with Gasteiger partial charge in [-0.2, -0.15) is 4.31 Å². The maximum Gasteiger partial charge on any atom is 0.243 e. The molecule has 190 valence electrons. The van der Waals surface area contributed by atoms with Gasteiger partial charge in [0.15, 0.2) is 15.6 Å². The fourth-order valence-electron chi connectivity index (χ4n) is 3.52. The van der Waals surface area contributed by atoms with Crippen molar-refractivity contribution < 1.29 is 21.6 Å². The average Bonchev–Trinajstić information content (AvgIpc) is 2.90. The van der Waals surface area contributed by atoms with Gasteiger partial charge in [-0.3, -0.25) is 14.8 Å². The molecule has 4 aromatic rings. The third kappa shape index (κ3) is 6.66. The Morgan fingerprint density at radius 1 is 0.784 bits per heavy atom. The number of Topliss-reactive ketones (excluding diaryl/α,β-unsaturated/α-hetero) is 1. The van der Waals surface area contributed by atoms with Crippen molar-refractivity contribution in [1.82, 2.24) is 14.3 Å². The van der Waals surface area contributed by atoms with Crippen molar-refractivity contribution in [1.29, 1.82) is 0 Å². The number of rotatable bonds is 10. The van der Waals surface area contributed by atoms with Gasteiger partial charge in [0.1, 0.15) is 5.75 Å². The normalized spacial score (nSPS) is 11.9. The third-order valence-corrected chi connectivity index (χ3v) is 9.13. The summed E-state index contributed by atoms with van der Waals surface area (Å²) in [4.78, 5) is 20.7. The summed E-state index contributed by atoms with van der Waals surface area (Å²) in [7, 11) is -7.75. The Kier molecular flexibility index (Phi) is 8.13. The molecule has 4 rings (SSSR count). The molecule has 0 radical (unpaired) electrons. The summed E-state index contributed by atoms with van der Waals surface area (Å²) in [6.45, 7) is 0.0276. The number of ketones is 1. The van der Waals surface area contributed by atoms with Gasteiger partial charge in [0.25, 0.3) is 0 Å². The van der Waals surface area contributed by atoms with E-state index in [-0.39, 0.29) is 28.4 Å². The van der Waals surface area contributed by atoms with Gasteiger partial charge in [0, 0.05) is 35.7 Å². The number of carbonyl (C=O) groups excluding carboxylic acids is 1. The van der Waals surface area contributed by atoms with Gasteiger partial charge in [-0.1, -0.05) is 41.9 Å². The van der Waals surface area contributed by atoms with Crippen LogP contribution in [0.25, 0.3) is 0 Å². The Morgan fingerprint density at radius 3 is 2.14 bits per heavy atom. The van der Waals surface area contributed by atoms with Gasteiger partial charge >= 0.3 is 0 Å². The lowest BCUT2D eigenvalue weighted by atomic mass is 10.1. The molecule has 2 aromatic carbocycles. The standard InChI is InChI=1S/C26H22ClN3O5S2/c27-22-10-12-24(13-11-22)37(34,35)30(18-23-4-1-2-15-29-23)17-20-6-8-21(9-7-20)26(31)19-36(32,33)25-5-3-14-28-16-25/h1-16H,17-19H2. The first-order chi connectivity index (χ1) is 17.6. The van der Waals surface area contributed by atoms with E-state index in [0.717, 1.165) is 0 Å². The van der Waals surface area contributed by atoms with Gasteiger partial charge in [0.2, 0.25) is 10.0 Å². The first-order valence-corrected chi connectivity index (χ1v) is 14.5. The van der Waals surface area contributed by atoms with E-state index >= 15 is 0 Å². The van der Waals surface area contributed by atoms with E-state index in [1.54, 1.807) is 36.5 Å². The highest BCUT2D eigenvalue weighted by Crippen LogP contribution is 2.23. The molecule has 0 unspecified atom stereocenters. The van der Waals surface area contributed by atoms with E-state index in [9.17, 15) is 21.6 Å². The molecule has 0 aliphatic heterocycles. The predicted octanol–water partition coefficient (Wildman–Crippen LogP) is 4.18. The highest BCUT2D eigenvalue weighted by atomic mass is 35.5. The average molecular weight is 556 g/mol. The molecule has 11 heteroatoms. The Morgan fingerprint density at radius 2 is 1.51 bits per heavy atom. The number of nitrogens with zero attached hydrogens (tertiary/aromatic N) is 3. The lowest BCUT2D eigenvalue weighted by Crippen LogP contribution is -2.30. The number of carbonyl (C=O) groups is 1. The van der Waals surface area contributed by atoms with Crippen LogP contribution in [0.15, 0.2) is 107 Å². The maximum absolute atomic E-state index is 13.4. The van der Waals surface area contributed by atoms with Crippen LogP contribution in [0.2, 0.25) is 5.02 Å². The molecule has 0 N–H and O–H groups in total. The van der Waals surface area contributed by atoms with E-state index in [0.29, 0.717) is 16.3 Å². The first kappa shape index (κ1) is 26.6. The Bertz CT molecular complexity index is 1580. The molecule has 2 heterocycles. The molecule has 0 spiro atoms. The number of sulfonamides is 1. The van der Waals surface area contributed by atoms with Crippen LogP contribution in [0.4, 0.5) is 0 Å². The molecule has 0 aliphatic rings. The molecule has 0 amide bonds. The van der Waals surface area contributed by atoms with Crippen LogP contribution < -0.4 is 0 Å². The third-order valence-electron chi connectivity index (χ3n) is 5.47. The highest BCUT2D eigenvalue weighted by molar-refractivity contribution is 7.92. The number of pyridine rings is 2. The molecule has 37 heavy (non-hydrogen) atoms. The number of sulfone groups is 1. The fraction of sp³-hybridized carbons (Fsp3) is 0.115. The number of aromatic nitrogens is 2. The second kappa shape index (κ2) is 11.3. The summed E-state index contributed by atoms with van der Waals surface area (Å²) in [6, 6.07) is 20.2. The number of halogens is 1. The van der Waals surface area contributed by atoms with E-state index < -0.39 is 31.4 Å². The molecule has 0 atom stereocenters. The van der Waals surface area contributed by atoms with Crippen molar-refractivity contribution in [3.8, 4) is 0 Å². The summed E-state index contributed by atoms with van der Waals surface area (Å²) in [6.07, 6.45) is 4.23. The first-order valence-electron chi connectivity index (χ1n) is 11.1. The zero-order valence-electron chi connectivity index (χ0n) is 19.4. The van der Waals surface area contributed by atoms with Crippen molar-refractivity contribution in [3.63, 3.8) is 0 Å². The highest BCUT2D eigenvalue weighted by Gasteiger charge is 2.26. The fourth-order valence-corrected chi connectivity index (χ4v) is 6.24. The second-order valence-electron chi connectivity index (χ2n) is 8.12. The molecule has 8 nitrogen and oxygen atoms in total. The number of hydrogen-bond donors (Lipinski definition) is 0. The summed E-state index contributed by atoms with van der Waals surface area (Å²) in [5.74, 6) is -1.27. The van der Waals surface area contributed by atoms with Gasteiger partial charge in [-0.15, -0.1) is 0 Å². The topological polar surface area (TPSA) is 114 Å². The monoisotopic (exact) mass is 555 g/mol. The van der Waals surface area contributed by atoms with Gasteiger partial charge in [0.05, 0.1) is 22.0 Å². The smallest absolute Gasteiger partial charge is 0.243 e. The van der Waals surface area contributed by atoms with Crippen molar-refractivity contribution in [2.45, 2.75) is 22.9 Å². The van der Waals surface area contributed by atoms with Crippen LogP contribution in [0, 0.1) is 0 Å². The van der Waals surface area contributed by atoms with Crippen LogP contribution in [-0.2, 0) is 33.0 Å². The van der Waals surface area contributed by atoms with Crippen LogP contribution in [-0.4, -0.2) is 42.6 Å². The molecule has 0 bridgehead atoms. The Hall–Kier alpha value is -3.44. The zero-order valence-corrected chi connectivity index (χ0v) is 21.8. The Labute approximate surface area is 220 Å². The Balaban J connectivity index is 1.55. The molecule has 0 fully saturated rings. The van der Waals surface area contributed by atoms with E-state index in [2.05, 4.69) is 9.97 Å². The lowest BCUT2D eigenvalue weighted by molar-refractivity contribution is 0.102. The largest absolute Gasteiger partial charge is 0.293 e. The second-order valence-corrected chi connectivity index (χ2v) is 12.5. The summed E-state index contributed by atoms with van der Waals surface area (Å²) < 4.78 is 53.2. The van der Waals surface area contributed by atoms with Gasteiger partial charge < -0.3 is 0 Å². The van der Waals surface area contributed by atoms with Crippen LogP contribution in [0.3, 0.4) is 0 Å². The zero-order chi connectivity index (χ0) is 26.5. The number of benzene rings is 2. The summed E-state index contributed by atoms with van der Waals surface area (Å²) in [5.41, 5.74) is 1.38. The predicted molar refractivity (Wildman–Crippen MR) is 139 cm³/mol. The number of hydrogen-bond acceptors (Lipinski definition) is 7. The van der Waals surface area contributed by atoms with Crippen molar-refractivity contribution >= 4 is 37.2 Å². The maximum atomic E-state index is 13.4. The molecular formula is C26H22ClN3O5S2. The minimum absolute atomic E-state index is 0.00396. The van der Waals surface area contributed by atoms with Crippen molar-refractivity contribution in [2.24, 2.45) is 0 Å². The summed E-state index contributed by atoms with van der Waals surface area (Å²) in [5, 5.41) is 0.418. The molecular weight excluding hydrogens is 534 g/mol. The van der Waals surface area contributed by atoms with E-state index in [4.69, 9.17) is 11.6 Å². The van der Waals surface area contributed by atoms with E-state index in [1.807, 2.05) is 0 Å². The quantitative estimate of drug-likeness (QED) is 0.270.